The number of nitrogens with one attached hydrogen (secondary N) is 2. The van der Waals surface area contributed by atoms with Crippen LogP contribution in [-0.4, -0.2) is 31.1 Å². The number of aryl methyl sites for hydroxylation is 2. The van der Waals surface area contributed by atoms with E-state index in [1.54, 1.807) is 30.3 Å². The van der Waals surface area contributed by atoms with E-state index in [-0.39, 0.29) is 5.75 Å². The number of ether oxygens (including phenoxy) is 2. The second kappa shape index (κ2) is 11.5. The molecule has 0 bridgehead atoms. The molecule has 9 nitrogen and oxygen atoms in total. The van der Waals surface area contributed by atoms with Crippen LogP contribution in [0.25, 0.3) is 0 Å². The molecule has 188 valence electrons. The molecule has 2 aromatic carbocycles. The van der Waals surface area contributed by atoms with Crippen LogP contribution in [-0.2, 0) is 22.4 Å². The van der Waals surface area contributed by atoms with Crippen molar-refractivity contribution < 1.29 is 23.9 Å². The molecule has 1 aromatic heterocycles. The predicted molar refractivity (Wildman–Crippen MR) is 139 cm³/mol. The number of hydrazone groups is 1. The molecule has 10 heteroatoms. The molecule has 2 N–H and O–H groups in total. The summed E-state index contributed by atoms with van der Waals surface area (Å²) in [5.41, 5.74) is 5.54. The number of carbonyl (C=O) groups excluding carboxylic acids is 3. The molecule has 1 aliphatic carbocycles. The van der Waals surface area contributed by atoms with Crippen molar-refractivity contribution in [1.82, 2.24) is 5.43 Å². The van der Waals surface area contributed by atoms with Gasteiger partial charge in [-0.1, -0.05) is 17.7 Å². The minimum Gasteiger partial charge on any atom is -0.493 e. The molecule has 0 aliphatic heterocycles. The van der Waals surface area contributed by atoms with E-state index in [0.717, 1.165) is 41.7 Å². The van der Waals surface area contributed by atoms with Gasteiger partial charge in [0.15, 0.2) is 11.5 Å². The number of anilines is 1. The van der Waals surface area contributed by atoms with E-state index >= 15 is 0 Å². The number of hydrogen-bond acceptors (Lipinski definition) is 8. The Bertz CT molecular complexity index is 1420. The lowest BCUT2D eigenvalue weighted by atomic mass is 9.96. The molecule has 1 heterocycles. The van der Waals surface area contributed by atoms with Crippen LogP contribution in [0.15, 0.2) is 47.6 Å². The summed E-state index contributed by atoms with van der Waals surface area (Å²) in [7, 11) is 1.43. The van der Waals surface area contributed by atoms with Gasteiger partial charge in [0.1, 0.15) is 11.1 Å². The summed E-state index contributed by atoms with van der Waals surface area (Å²) in [6, 6.07) is 13.9. The van der Waals surface area contributed by atoms with Gasteiger partial charge in [-0.05, 0) is 74.1 Å². The zero-order valence-corrected chi connectivity index (χ0v) is 21.1. The van der Waals surface area contributed by atoms with Crippen LogP contribution in [0.1, 0.15) is 50.3 Å². The first-order chi connectivity index (χ1) is 17.9. The number of methoxy groups -OCH3 is 1. The molecule has 0 atom stereocenters. The van der Waals surface area contributed by atoms with Gasteiger partial charge in [0.25, 0.3) is 0 Å². The fraction of sp³-hybridized carbons (Fsp3) is 0.222. The van der Waals surface area contributed by atoms with Gasteiger partial charge in [0, 0.05) is 4.88 Å². The molecule has 0 radical (unpaired) electrons. The maximum absolute atomic E-state index is 12.4. The Morgan fingerprint density at radius 3 is 2.54 bits per heavy atom. The summed E-state index contributed by atoms with van der Waals surface area (Å²) < 4.78 is 10.8. The van der Waals surface area contributed by atoms with Gasteiger partial charge in [-0.15, -0.1) is 11.3 Å². The molecule has 1 aliphatic rings. The highest BCUT2D eigenvalue weighted by Gasteiger charge is 2.23. The number of hydrogen-bond donors (Lipinski definition) is 2. The molecule has 3 aromatic rings. The quantitative estimate of drug-likeness (QED) is 0.167. The lowest BCUT2D eigenvalue weighted by Crippen LogP contribution is -2.32. The zero-order valence-electron chi connectivity index (χ0n) is 20.3. The van der Waals surface area contributed by atoms with Gasteiger partial charge in [-0.25, -0.2) is 10.2 Å². The first-order valence-corrected chi connectivity index (χ1v) is 12.4. The van der Waals surface area contributed by atoms with Gasteiger partial charge in [-0.2, -0.15) is 10.4 Å². The van der Waals surface area contributed by atoms with E-state index in [1.807, 2.05) is 19.1 Å². The van der Waals surface area contributed by atoms with Gasteiger partial charge in [0.05, 0.1) is 24.5 Å². The number of rotatable bonds is 6. The maximum Gasteiger partial charge on any atom is 0.343 e. The highest BCUT2D eigenvalue weighted by Crippen LogP contribution is 2.37. The van der Waals surface area contributed by atoms with Crippen LogP contribution in [0.4, 0.5) is 5.00 Å². The maximum atomic E-state index is 12.4. The van der Waals surface area contributed by atoms with Crippen molar-refractivity contribution in [2.24, 2.45) is 5.10 Å². The molecular weight excluding hydrogens is 492 g/mol. The van der Waals surface area contributed by atoms with Crippen molar-refractivity contribution in [3.8, 4) is 17.6 Å². The number of esters is 1. The fourth-order valence-corrected chi connectivity index (χ4v) is 5.08. The number of nitrogens with zero attached hydrogens (tertiary/aromatic N) is 2. The highest BCUT2D eigenvalue weighted by molar-refractivity contribution is 7.16. The SMILES string of the molecule is COc1cc(/C=N/NC(=O)C(=O)Nc2sc3c(c2C#N)CCCC3)ccc1OC(=O)c1ccc(C)cc1. The predicted octanol–water partition coefficient (Wildman–Crippen LogP) is 4.12. The van der Waals surface area contributed by atoms with Crippen molar-refractivity contribution in [1.29, 1.82) is 5.26 Å². The van der Waals surface area contributed by atoms with Crippen molar-refractivity contribution in [2.45, 2.75) is 32.6 Å². The Hall–Kier alpha value is -4.49. The first-order valence-electron chi connectivity index (χ1n) is 11.6. The van der Waals surface area contributed by atoms with Gasteiger partial charge >= 0.3 is 17.8 Å². The largest absolute Gasteiger partial charge is 0.493 e. The number of thiophene rings is 1. The van der Waals surface area contributed by atoms with Crippen LogP contribution in [0.2, 0.25) is 0 Å². The van der Waals surface area contributed by atoms with Crippen LogP contribution in [0.3, 0.4) is 0 Å². The lowest BCUT2D eigenvalue weighted by Gasteiger charge is -2.10. The molecule has 0 saturated heterocycles. The number of fused-ring (bicyclic) bond motifs is 1. The summed E-state index contributed by atoms with van der Waals surface area (Å²) in [5, 5.41) is 16.2. The third-order valence-corrected chi connectivity index (χ3v) is 6.98. The molecule has 2 amide bonds. The van der Waals surface area contributed by atoms with Gasteiger partial charge in [-0.3, -0.25) is 9.59 Å². The van der Waals surface area contributed by atoms with Crippen LogP contribution in [0, 0.1) is 18.3 Å². The van der Waals surface area contributed by atoms with Crippen LogP contribution < -0.4 is 20.2 Å². The minimum absolute atomic E-state index is 0.223. The third kappa shape index (κ3) is 6.02. The lowest BCUT2D eigenvalue weighted by molar-refractivity contribution is -0.136. The molecule has 0 saturated carbocycles. The van der Waals surface area contributed by atoms with Crippen molar-refractivity contribution in [2.75, 3.05) is 12.4 Å². The van der Waals surface area contributed by atoms with E-state index in [2.05, 4.69) is 21.9 Å². The fourth-order valence-electron chi connectivity index (χ4n) is 3.85. The normalized spacial score (nSPS) is 12.4. The number of benzene rings is 2. The summed E-state index contributed by atoms with van der Waals surface area (Å²) in [6.07, 6.45) is 5.04. The van der Waals surface area contributed by atoms with Crippen molar-refractivity contribution in [3.63, 3.8) is 0 Å². The Morgan fingerprint density at radius 1 is 1.05 bits per heavy atom. The molecule has 0 unspecified atom stereocenters. The number of carbonyl (C=O) groups is 3. The average Bonchev–Trinajstić information content (AvgIpc) is 3.26. The van der Waals surface area contributed by atoms with E-state index in [4.69, 9.17) is 9.47 Å². The summed E-state index contributed by atoms with van der Waals surface area (Å²) in [4.78, 5) is 38.1. The van der Waals surface area contributed by atoms with Crippen molar-refractivity contribution in [3.05, 3.63) is 75.2 Å². The smallest absolute Gasteiger partial charge is 0.343 e. The Labute approximate surface area is 217 Å². The molecule has 0 spiro atoms. The summed E-state index contributed by atoms with van der Waals surface area (Å²) in [5.74, 6) is -1.89. The van der Waals surface area contributed by atoms with E-state index in [0.29, 0.717) is 27.4 Å². The Balaban J connectivity index is 1.37. The number of amides is 2. The van der Waals surface area contributed by atoms with E-state index in [9.17, 15) is 19.6 Å². The third-order valence-electron chi connectivity index (χ3n) is 5.77. The van der Waals surface area contributed by atoms with Crippen molar-refractivity contribution >= 4 is 40.3 Å². The molecular formula is C27H24N4O5S. The van der Waals surface area contributed by atoms with E-state index in [1.165, 1.54) is 24.7 Å². The number of nitriles is 1. The summed E-state index contributed by atoms with van der Waals surface area (Å²) >= 11 is 1.34. The van der Waals surface area contributed by atoms with Gasteiger partial charge in [0.2, 0.25) is 0 Å². The second-order valence-electron chi connectivity index (χ2n) is 8.35. The topological polar surface area (TPSA) is 130 Å². The molecule has 4 rings (SSSR count). The zero-order chi connectivity index (χ0) is 26.4. The minimum atomic E-state index is -0.970. The first kappa shape index (κ1) is 25.6. The van der Waals surface area contributed by atoms with Gasteiger partial charge < -0.3 is 14.8 Å². The average molecular weight is 517 g/mol. The Kier molecular flexibility index (Phi) is 7.95. The summed E-state index contributed by atoms with van der Waals surface area (Å²) in [6.45, 7) is 1.92. The Morgan fingerprint density at radius 2 is 1.81 bits per heavy atom. The highest BCUT2D eigenvalue weighted by atomic mass is 32.1. The molecule has 37 heavy (non-hydrogen) atoms. The molecule has 0 fully saturated rings. The second-order valence-corrected chi connectivity index (χ2v) is 9.45. The standard InChI is InChI=1S/C27H24N4O5S/c1-16-7-10-18(11-8-16)27(34)36-21-12-9-17(13-22(21)35-2)15-29-31-25(33)24(32)30-26-20(14-28)19-5-3-4-6-23(19)37-26/h7-13,15H,3-6H2,1-2H3,(H,30,32)(H,31,33)/b29-15+. The monoisotopic (exact) mass is 516 g/mol. The van der Waals surface area contributed by atoms with Crippen LogP contribution >= 0.6 is 11.3 Å². The van der Waals surface area contributed by atoms with Crippen LogP contribution in [0.5, 0.6) is 11.5 Å². The van der Waals surface area contributed by atoms with E-state index < -0.39 is 17.8 Å².